The number of hydrogen-bond acceptors (Lipinski definition) is 4. The molecule has 1 aliphatic heterocycles. The van der Waals surface area contributed by atoms with Crippen molar-refractivity contribution < 1.29 is 18.1 Å². The van der Waals surface area contributed by atoms with E-state index in [9.17, 15) is 23.3 Å². The van der Waals surface area contributed by atoms with Crippen molar-refractivity contribution in [2.45, 2.75) is 25.6 Å². The molecule has 2 rings (SSSR count). The first-order valence-corrected chi connectivity index (χ1v) is 7.53. The Labute approximate surface area is 136 Å². The van der Waals surface area contributed by atoms with Crippen LogP contribution >= 0.6 is 11.6 Å². The quantitative estimate of drug-likeness (QED) is 0.611. The molecule has 1 aromatic carbocycles. The molecule has 0 saturated carbocycles. The molecule has 1 aromatic rings. The Bertz CT molecular complexity index is 610. The number of nitro benzene ring substituents is 1. The van der Waals surface area contributed by atoms with Crippen LogP contribution in [0.1, 0.15) is 18.9 Å². The van der Waals surface area contributed by atoms with Gasteiger partial charge in [0, 0.05) is 25.2 Å². The zero-order chi connectivity index (χ0) is 17.4. The summed E-state index contributed by atoms with van der Waals surface area (Å²) in [7, 11) is 1.95. The van der Waals surface area contributed by atoms with E-state index in [1.807, 2.05) is 14.0 Å². The zero-order valence-corrected chi connectivity index (χ0v) is 13.5. The lowest BCUT2D eigenvalue weighted by atomic mass is 10.1. The van der Waals surface area contributed by atoms with Crippen LogP contribution in [-0.4, -0.2) is 42.5 Å². The number of halogens is 4. The van der Waals surface area contributed by atoms with Crippen molar-refractivity contribution in [2.24, 2.45) is 0 Å². The molecule has 23 heavy (non-hydrogen) atoms. The Balaban J connectivity index is 2.40. The van der Waals surface area contributed by atoms with Gasteiger partial charge in [-0.15, -0.1) is 0 Å². The highest BCUT2D eigenvalue weighted by molar-refractivity contribution is 6.31. The smallest absolute Gasteiger partial charge is 0.364 e. The van der Waals surface area contributed by atoms with Crippen LogP contribution in [0.25, 0.3) is 0 Å². The first-order valence-electron chi connectivity index (χ1n) is 7.15. The normalized spacial score (nSPS) is 18.7. The Hall–Kier alpha value is -1.54. The van der Waals surface area contributed by atoms with Gasteiger partial charge in [-0.25, -0.2) is 0 Å². The molecule has 0 bridgehead atoms. The van der Waals surface area contributed by atoms with Gasteiger partial charge in [-0.3, -0.25) is 10.1 Å². The zero-order valence-electron chi connectivity index (χ0n) is 12.7. The van der Waals surface area contributed by atoms with Crippen LogP contribution in [0.5, 0.6) is 0 Å². The number of alkyl halides is 3. The van der Waals surface area contributed by atoms with Gasteiger partial charge < -0.3 is 9.80 Å². The van der Waals surface area contributed by atoms with Crippen molar-refractivity contribution in [3.63, 3.8) is 0 Å². The third-order valence-electron chi connectivity index (χ3n) is 4.19. The summed E-state index contributed by atoms with van der Waals surface area (Å²) in [5.74, 6) is 0. The molecule has 1 heterocycles. The van der Waals surface area contributed by atoms with Crippen molar-refractivity contribution in [2.75, 3.05) is 31.6 Å². The molecular weight excluding hydrogens is 335 g/mol. The predicted octanol–water partition coefficient (Wildman–Crippen LogP) is 3.80. The topological polar surface area (TPSA) is 49.6 Å². The Kier molecular flexibility index (Phi) is 5.05. The first kappa shape index (κ1) is 17.8. The van der Waals surface area contributed by atoms with Gasteiger partial charge in [0.1, 0.15) is 5.69 Å². The SMILES string of the molecule is CCN(C)C1CCN(c2cc(Cl)c(C(F)(F)F)cc2[N+](=O)[O-])C1. The van der Waals surface area contributed by atoms with E-state index in [1.165, 1.54) is 0 Å². The highest BCUT2D eigenvalue weighted by Crippen LogP contribution is 2.42. The van der Waals surface area contributed by atoms with Crippen molar-refractivity contribution in [3.8, 4) is 0 Å². The van der Waals surface area contributed by atoms with Gasteiger partial charge in [0.05, 0.1) is 15.5 Å². The highest BCUT2D eigenvalue weighted by Gasteiger charge is 2.38. The maximum atomic E-state index is 12.9. The van der Waals surface area contributed by atoms with E-state index >= 15 is 0 Å². The summed E-state index contributed by atoms with van der Waals surface area (Å²) < 4.78 is 38.7. The van der Waals surface area contributed by atoms with Crippen LogP contribution in [0.2, 0.25) is 5.02 Å². The molecule has 0 radical (unpaired) electrons. The van der Waals surface area contributed by atoms with Crippen LogP contribution in [-0.2, 0) is 6.18 Å². The third-order valence-corrected chi connectivity index (χ3v) is 4.51. The molecule has 128 valence electrons. The van der Waals surface area contributed by atoms with Crippen LogP contribution in [0, 0.1) is 10.1 Å². The summed E-state index contributed by atoms with van der Waals surface area (Å²) in [4.78, 5) is 14.2. The number of nitrogens with zero attached hydrogens (tertiary/aromatic N) is 3. The number of likely N-dealkylation sites (N-methyl/N-ethyl adjacent to an activating group) is 1. The number of anilines is 1. The molecule has 0 aromatic heterocycles. The molecule has 5 nitrogen and oxygen atoms in total. The lowest BCUT2D eigenvalue weighted by Crippen LogP contribution is -2.34. The van der Waals surface area contributed by atoms with E-state index in [0.29, 0.717) is 19.2 Å². The summed E-state index contributed by atoms with van der Waals surface area (Å²) in [6.07, 6.45) is -3.93. The van der Waals surface area contributed by atoms with Crippen LogP contribution < -0.4 is 4.90 Å². The standard InChI is InChI=1S/C14H17ClF3N3O2/c1-3-19(2)9-4-5-20(8-9)12-7-11(15)10(14(16,17)18)6-13(12)21(22)23/h6-7,9H,3-5,8H2,1-2H3. The highest BCUT2D eigenvalue weighted by atomic mass is 35.5. The number of benzene rings is 1. The average molecular weight is 352 g/mol. The van der Waals surface area contributed by atoms with Gasteiger partial charge in [-0.1, -0.05) is 18.5 Å². The van der Waals surface area contributed by atoms with Crippen LogP contribution in [0.4, 0.5) is 24.5 Å². The minimum atomic E-state index is -4.73. The molecule has 1 unspecified atom stereocenters. The molecular formula is C14H17ClF3N3O2. The summed E-state index contributed by atoms with van der Waals surface area (Å²) in [6.45, 7) is 3.89. The van der Waals surface area contributed by atoms with Crippen LogP contribution in [0.3, 0.4) is 0 Å². The minimum absolute atomic E-state index is 0.139. The summed E-state index contributed by atoms with van der Waals surface area (Å²) in [5, 5.41) is 10.7. The second-order valence-electron chi connectivity index (χ2n) is 5.54. The minimum Gasteiger partial charge on any atom is -0.364 e. The van der Waals surface area contributed by atoms with E-state index in [2.05, 4.69) is 4.90 Å². The molecule has 0 N–H and O–H groups in total. The van der Waals surface area contributed by atoms with Gasteiger partial charge in [0.15, 0.2) is 0 Å². The largest absolute Gasteiger partial charge is 0.418 e. The Morgan fingerprint density at radius 2 is 2.13 bits per heavy atom. The first-order chi connectivity index (χ1) is 10.6. The maximum absolute atomic E-state index is 12.9. The lowest BCUT2D eigenvalue weighted by Gasteiger charge is -2.24. The number of hydrogen-bond donors (Lipinski definition) is 0. The van der Waals surface area contributed by atoms with Gasteiger partial charge in [0.2, 0.25) is 0 Å². The van der Waals surface area contributed by atoms with Gasteiger partial charge in [-0.2, -0.15) is 13.2 Å². The fourth-order valence-corrected chi connectivity index (χ4v) is 3.01. The van der Waals surface area contributed by atoms with Crippen LogP contribution in [0.15, 0.2) is 12.1 Å². The molecule has 1 atom stereocenters. The molecule has 0 amide bonds. The second kappa shape index (κ2) is 6.52. The summed E-state index contributed by atoms with van der Waals surface area (Å²) >= 11 is 5.72. The molecule has 0 spiro atoms. The van der Waals surface area contributed by atoms with E-state index in [4.69, 9.17) is 11.6 Å². The van der Waals surface area contributed by atoms with Crippen molar-refractivity contribution in [1.82, 2.24) is 4.90 Å². The second-order valence-corrected chi connectivity index (χ2v) is 5.94. The Morgan fingerprint density at radius 3 is 2.65 bits per heavy atom. The predicted molar refractivity (Wildman–Crippen MR) is 82.0 cm³/mol. The van der Waals surface area contributed by atoms with Crippen molar-refractivity contribution >= 4 is 23.0 Å². The number of nitro groups is 1. The fourth-order valence-electron chi connectivity index (χ4n) is 2.75. The van der Waals surface area contributed by atoms with Gasteiger partial charge in [-0.05, 0) is 26.1 Å². The van der Waals surface area contributed by atoms with E-state index in [-0.39, 0.29) is 11.7 Å². The van der Waals surface area contributed by atoms with E-state index in [1.54, 1.807) is 4.90 Å². The summed E-state index contributed by atoms with van der Waals surface area (Å²) in [6, 6.07) is 1.78. The monoisotopic (exact) mass is 351 g/mol. The van der Waals surface area contributed by atoms with Gasteiger partial charge in [0.25, 0.3) is 5.69 Å². The van der Waals surface area contributed by atoms with E-state index < -0.39 is 27.4 Å². The molecule has 1 aliphatic rings. The van der Waals surface area contributed by atoms with Crippen molar-refractivity contribution in [3.05, 3.63) is 32.8 Å². The third kappa shape index (κ3) is 3.69. The Morgan fingerprint density at radius 1 is 1.48 bits per heavy atom. The van der Waals surface area contributed by atoms with Crippen molar-refractivity contribution in [1.29, 1.82) is 0 Å². The maximum Gasteiger partial charge on any atom is 0.418 e. The lowest BCUT2D eigenvalue weighted by molar-refractivity contribution is -0.384. The molecule has 1 saturated heterocycles. The summed E-state index contributed by atoms with van der Waals surface area (Å²) in [5.41, 5.74) is -1.61. The molecule has 1 fully saturated rings. The average Bonchev–Trinajstić information content (AvgIpc) is 2.94. The molecule has 9 heteroatoms. The van der Waals surface area contributed by atoms with Gasteiger partial charge >= 0.3 is 6.18 Å². The van der Waals surface area contributed by atoms with E-state index in [0.717, 1.165) is 19.0 Å². The fraction of sp³-hybridized carbons (Fsp3) is 0.571. The number of rotatable bonds is 4. The molecule has 0 aliphatic carbocycles.